The molecule has 0 aliphatic carbocycles. The van der Waals surface area contributed by atoms with E-state index in [-0.39, 0.29) is 18.9 Å². The number of aromatic nitrogens is 2. The Kier molecular flexibility index (Phi) is 5.99. The Labute approximate surface area is 149 Å². The van der Waals surface area contributed by atoms with Crippen LogP contribution in [0.25, 0.3) is 5.65 Å². The van der Waals surface area contributed by atoms with Crippen molar-refractivity contribution in [1.82, 2.24) is 14.3 Å². The first-order valence-electron chi connectivity index (χ1n) is 8.07. The van der Waals surface area contributed by atoms with Crippen LogP contribution in [0.1, 0.15) is 48.4 Å². The monoisotopic (exact) mass is 395 g/mol. The van der Waals surface area contributed by atoms with Crippen molar-refractivity contribution in [3.05, 3.63) is 33.7 Å². The second kappa shape index (κ2) is 7.79. The van der Waals surface area contributed by atoms with Gasteiger partial charge >= 0.3 is 5.97 Å². The third kappa shape index (κ3) is 3.77. The quantitative estimate of drug-likeness (QED) is 0.780. The molecule has 0 aromatic carbocycles. The second-order valence-electron chi connectivity index (χ2n) is 5.76. The van der Waals surface area contributed by atoms with Gasteiger partial charge in [-0.3, -0.25) is 14.0 Å². The molecule has 1 amide bonds. The highest BCUT2D eigenvalue weighted by atomic mass is 79.9. The van der Waals surface area contributed by atoms with Crippen molar-refractivity contribution in [1.29, 1.82) is 0 Å². The van der Waals surface area contributed by atoms with Crippen LogP contribution in [0.4, 0.5) is 0 Å². The fraction of sp³-hybridized carbons (Fsp3) is 0.471. The van der Waals surface area contributed by atoms with Gasteiger partial charge in [-0.25, -0.2) is 4.98 Å². The Morgan fingerprint density at radius 3 is 2.62 bits per heavy atom. The lowest BCUT2D eigenvalue weighted by Gasteiger charge is -2.21. The van der Waals surface area contributed by atoms with E-state index in [9.17, 15) is 9.59 Å². The predicted octanol–water partition coefficient (Wildman–Crippen LogP) is 3.29. The van der Waals surface area contributed by atoms with E-state index in [2.05, 4.69) is 20.9 Å². The maximum atomic E-state index is 13.1. The summed E-state index contributed by atoms with van der Waals surface area (Å²) in [6.45, 7) is 6.61. The van der Waals surface area contributed by atoms with Crippen LogP contribution < -0.4 is 0 Å². The highest BCUT2D eigenvalue weighted by Gasteiger charge is 2.24. The van der Waals surface area contributed by atoms with Crippen LogP contribution in [0.2, 0.25) is 0 Å². The van der Waals surface area contributed by atoms with Gasteiger partial charge in [0.05, 0.1) is 16.6 Å². The van der Waals surface area contributed by atoms with Crippen molar-refractivity contribution < 1.29 is 14.7 Å². The molecule has 0 aliphatic rings. The van der Waals surface area contributed by atoms with Gasteiger partial charge < -0.3 is 10.0 Å². The summed E-state index contributed by atoms with van der Waals surface area (Å²) in [6.07, 6.45) is 3.23. The van der Waals surface area contributed by atoms with Crippen LogP contribution in [0.15, 0.2) is 16.7 Å². The number of carboxylic acid groups (broad SMARTS) is 1. The van der Waals surface area contributed by atoms with Crippen molar-refractivity contribution in [2.24, 2.45) is 0 Å². The number of rotatable bonds is 7. The molecule has 2 rings (SSSR count). The number of imidazole rings is 1. The number of aliphatic carboxylic acids is 1. The fourth-order valence-electron chi connectivity index (χ4n) is 2.72. The molecule has 0 unspecified atom stereocenters. The zero-order valence-electron chi connectivity index (χ0n) is 14.2. The standard InChI is InChI=1S/C17H22BrN3O3/c1-4-7-20(8-6-14(22)23)17(24)15-13(5-2)19-16-12(18)9-11(3)10-21(15)16/h9-10H,4-8H2,1-3H3,(H,22,23). The van der Waals surface area contributed by atoms with Crippen molar-refractivity contribution >= 4 is 33.5 Å². The van der Waals surface area contributed by atoms with Crippen LogP contribution in [0, 0.1) is 6.92 Å². The lowest BCUT2D eigenvalue weighted by Crippen LogP contribution is -2.35. The minimum Gasteiger partial charge on any atom is -0.481 e. The molecular formula is C17H22BrN3O3. The Morgan fingerprint density at radius 1 is 1.33 bits per heavy atom. The van der Waals surface area contributed by atoms with E-state index in [0.717, 1.165) is 22.2 Å². The molecule has 0 spiro atoms. The van der Waals surface area contributed by atoms with Crippen molar-refractivity contribution in [2.75, 3.05) is 13.1 Å². The number of hydrogen-bond acceptors (Lipinski definition) is 3. The molecule has 6 nitrogen and oxygen atoms in total. The Morgan fingerprint density at radius 2 is 2.04 bits per heavy atom. The van der Waals surface area contributed by atoms with Crippen molar-refractivity contribution in [3.63, 3.8) is 0 Å². The number of fused-ring (bicyclic) bond motifs is 1. The molecule has 0 saturated carbocycles. The Balaban J connectivity index is 2.51. The molecule has 1 N–H and O–H groups in total. The summed E-state index contributed by atoms with van der Waals surface area (Å²) in [6, 6.07) is 1.96. The molecule has 0 aliphatic heterocycles. The largest absolute Gasteiger partial charge is 0.481 e. The van der Waals surface area contributed by atoms with E-state index in [4.69, 9.17) is 5.11 Å². The average molecular weight is 396 g/mol. The van der Waals surface area contributed by atoms with Gasteiger partial charge in [-0.15, -0.1) is 0 Å². The van der Waals surface area contributed by atoms with Crippen LogP contribution >= 0.6 is 15.9 Å². The van der Waals surface area contributed by atoms with Crippen LogP contribution in [-0.2, 0) is 11.2 Å². The molecule has 0 radical (unpaired) electrons. The molecule has 130 valence electrons. The van der Waals surface area contributed by atoms with Crippen LogP contribution in [0.3, 0.4) is 0 Å². The number of carboxylic acids is 1. The molecular weight excluding hydrogens is 374 g/mol. The third-order valence-electron chi connectivity index (χ3n) is 3.80. The zero-order chi connectivity index (χ0) is 17.9. The van der Waals surface area contributed by atoms with Gasteiger partial charge in [-0.1, -0.05) is 13.8 Å². The summed E-state index contributed by atoms with van der Waals surface area (Å²) in [5.74, 6) is -1.07. The Hall–Kier alpha value is -1.89. The molecule has 0 bridgehead atoms. The molecule has 0 fully saturated rings. The van der Waals surface area contributed by atoms with Crippen molar-refractivity contribution in [2.45, 2.75) is 40.0 Å². The first-order chi connectivity index (χ1) is 11.4. The molecule has 0 saturated heterocycles. The van der Waals surface area contributed by atoms with Crippen molar-refractivity contribution in [3.8, 4) is 0 Å². The highest BCUT2D eigenvalue weighted by Crippen LogP contribution is 2.24. The first-order valence-corrected chi connectivity index (χ1v) is 8.86. The lowest BCUT2D eigenvalue weighted by atomic mass is 10.2. The topological polar surface area (TPSA) is 74.9 Å². The van der Waals surface area contributed by atoms with E-state index in [1.165, 1.54) is 0 Å². The Bertz CT molecular complexity index is 770. The summed E-state index contributed by atoms with van der Waals surface area (Å²) in [4.78, 5) is 30.1. The third-order valence-corrected chi connectivity index (χ3v) is 4.38. The number of hydrogen-bond donors (Lipinski definition) is 1. The minimum absolute atomic E-state index is 0.0628. The molecule has 7 heteroatoms. The summed E-state index contributed by atoms with van der Waals surface area (Å²) >= 11 is 3.51. The van der Waals surface area contributed by atoms with Gasteiger partial charge in [-0.05, 0) is 47.3 Å². The van der Waals surface area contributed by atoms with Gasteiger partial charge in [0.1, 0.15) is 5.69 Å². The zero-order valence-corrected chi connectivity index (χ0v) is 15.8. The number of carbonyl (C=O) groups is 2. The highest BCUT2D eigenvalue weighted by molar-refractivity contribution is 9.10. The maximum absolute atomic E-state index is 13.1. The van der Waals surface area contributed by atoms with E-state index in [1.54, 1.807) is 4.90 Å². The van der Waals surface area contributed by atoms with Gasteiger partial charge in [0.25, 0.3) is 5.91 Å². The molecule has 0 atom stereocenters. The van der Waals surface area contributed by atoms with Crippen LogP contribution in [0.5, 0.6) is 0 Å². The number of amides is 1. The van der Waals surface area contributed by atoms with Gasteiger partial charge in [0.2, 0.25) is 0 Å². The van der Waals surface area contributed by atoms with Gasteiger partial charge in [0.15, 0.2) is 5.65 Å². The maximum Gasteiger partial charge on any atom is 0.305 e. The molecule has 2 heterocycles. The molecule has 2 aromatic heterocycles. The summed E-state index contributed by atoms with van der Waals surface area (Å²) in [5.41, 5.74) is 2.96. The summed E-state index contributed by atoms with van der Waals surface area (Å²) in [7, 11) is 0. The van der Waals surface area contributed by atoms with E-state index in [1.807, 2.05) is 37.4 Å². The fourth-order valence-corrected chi connectivity index (χ4v) is 3.36. The average Bonchev–Trinajstić information content (AvgIpc) is 2.89. The number of nitrogens with zero attached hydrogens (tertiary/aromatic N) is 3. The summed E-state index contributed by atoms with van der Waals surface area (Å²) < 4.78 is 2.65. The number of aryl methyl sites for hydroxylation is 2. The lowest BCUT2D eigenvalue weighted by molar-refractivity contribution is -0.137. The molecule has 24 heavy (non-hydrogen) atoms. The number of pyridine rings is 1. The predicted molar refractivity (Wildman–Crippen MR) is 95.5 cm³/mol. The first kappa shape index (κ1) is 18.4. The number of carbonyl (C=O) groups excluding carboxylic acids is 1. The van der Waals surface area contributed by atoms with E-state index in [0.29, 0.717) is 24.3 Å². The smallest absolute Gasteiger partial charge is 0.305 e. The van der Waals surface area contributed by atoms with Gasteiger partial charge in [-0.2, -0.15) is 0 Å². The van der Waals surface area contributed by atoms with E-state index >= 15 is 0 Å². The minimum atomic E-state index is -0.906. The van der Waals surface area contributed by atoms with E-state index < -0.39 is 5.97 Å². The molecule has 2 aromatic rings. The normalized spacial score (nSPS) is 11.0. The summed E-state index contributed by atoms with van der Waals surface area (Å²) in [5, 5.41) is 8.93. The van der Waals surface area contributed by atoms with Gasteiger partial charge in [0, 0.05) is 19.3 Å². The number of halogens is 1. The SMILES string of the molecule is CCCN(CCC(=O)O)C(=O)c1c(CC)nc2c(Br)cc(C)cn12. The van der Waals surface area contributed by atoms with Crippen LogP contribution in [-0.4, -0.2) is 44.4 Å². The second-order valence-corrected chi connectivity index (χ2v) is 6.61.